The molecule has 1 saturated heterocycles. The second kappa shape index (κ2) is 9.18. The predicted octanol–water partition coefficient (Wildman–Crippen LogP) is 4.23. The van der Waals surface area contributed by atoms with Gasteiger partial charge in [-0.05, 0) is 37.8 Å². The Morgan fingerprint density at radius 3 is 2.43 bits per heavy atom. The molecule has 0 atom stereocenters. The molecule has 9 nitrogen and oxygen atoms in total. The SMILES string of the molecule is COc1c(NC(=O)c2c(F)cc(N3CCC(NC4CC4)CC3)c3cn(C)nc23)cc2cn(C)nc2c1Cl. The lowest BCUT2D eigenvalue weighted by Crippen LogP contribution is -2.43. The number of halogens is 2. The van der Waals surface area contributed by atoms with E-state index in [-0.39, 0.29) is 16.3 Å². The quantitative estimate of drug-likeness (QED) is 0.391. The van der Waals surface area contributed by atoms with Crippen molar-refractivity contribution in [2.45, 2.75) is 37.8 Å². The minimum absolute atomic E-state index is 0.117. The van der Waals surface area contributed by atoms with Gasteiger partial charge in [-0.1, -0.05) is 11.6 Å². The second-order valence-electron chi connectivity index (χ2n) is 9.99. The summed E-state index contributed by atoms with van der Waals surface area (Å²) in [6, 6.07) is 4.35. The van der Waals surface area contributed by atoms with Crippen molar-refractivity contribution < 1.29 is 13.9 Å². The van der Waals surface area contributed by atoms with Gasteiger partial charge in [0, 0.05) is 62.4 Å². The van der Waals surface area contributed by atoms with Crippen LogP contribution >= 0.6 is 11.6 Å². The van der Waals surface area contributed by atoms with E-state index >= 15 is 4.39 Å². The van der Waals surface area contributed by atoms with Crippen LogP contribution in [0.4, 0.5) is 15.8 Å². The molecule has 2 aromatic carbocycles. The van der Waals surface area contributed by atoms with Gasteiger partial charge in [-0.15, -0.1) is 0 Å². The summed E-state index contributed by atoms with van der Waals surface area (Å²) >= 11 is 6.52. The highest BCUT2D eigenvalue weighted by molar-refractivity contribution is 6.37. The second-order valence-corrected chi connectivity index (χ2v) is 10.4. The van der Waals surface area contributed by atoms with Crippen molar-refractivity contribution in [3.8, 4) is 5.75 Å². The Labute approximate surface area is 218 Å². The van der Waals surface area contributed by atoms with Gasteiger partial charge >= 0.3 is 0 Å². The molecule has 4 aromatic rings. The fraction of sp³-hybridized carbons (Fsp3) is 0.423. The molecule has 1 saturated carbocycles. The van der Waals surface area contributed by atoms with E-state index < -0.39 is 11.7 Å². The number of fused-ring (bicyclic) bond motifs is 2. The van der Waals surface area contributed by atoms with Crippen LogP contribution in [-0.2, 0) is 14.1 Å². The highest BCUT2D eigenvalue weighted by Gasteiger charge is 2.30. The number of hydrogen-bond acceptors (Lipinski definition) is 6. The molecule has 194 valence electrons. The molecular formula is C26H29ClFN7O2. The minimum Gasteiger partial charge on any atom is -0.493 e. The standard InChI is InChI=1S/C26H29ClFN7O2/c1-33-12-14-10-19(25(37-3)22(27)23(14)31-33)30-26(36)21-18(28)11-20(17-13-34(2)32-24(17)21)35-8-6-16(7-9-35)29-15-4-5-15/h10-13,15-16,29H,4-9H2,1-3H3,(H,30,36). The Bertz CT molecular complexity index is 1520. The molecular weight excluding hydrogens is 497 g/mol. The van der Waals surface area contributed by atoms with Crippen LogP contribution in [0.3, 0.4) is 0 Å². The molecule has 2 fully saturated rings. The lowest BCUT2D eigenvalue weighted by molar-refractivity contribution is 0.102. The van der Waals surface area contributed by atoms with Crippen LogP contribution in [-0.4, -0.2) is 57.8 Å². The number of methoxy groups -OCH3 is 1. The van der Waals surface area contributed by atoms with Crippen LogP contribution in [0, 0.1) is 5.82 Å². The molecule has 3 heterocycles. The third-order valence-electron chi connectivity index (χ3n) is 7.22. The molecule has 1 amide bonds. The maximum atomic E-state index is 15.7. The van der Waals surface area contributed by atoms with Crippen molar-refractivity contribution >= 4 is 50.7 Å². The van der Waals surface area contributed by atoms with Crippen molar-refractivity contribution in [1.29, 1.82) is 0 Å². The number of benzene rings is 2. The Balaban J connectivity index is 1.33. The summed E-state index contributed by atoms with van der Waals surface area (Å²) in [5.74, 6) is -0.986. The first-order valence-electron chi connectivity index (χ1n) is 12.5. The zero-order valence-electron chi connectivity index (χ0n) is 21.0. The van der Waals surface area contributed by atoms with Crippen LogP contribution in [0.15, 0.2) is 24.5 Å². The smallest absolute Gasteiger partial charge is 0.261 e. The van der Waals surface area contributed by atoms with Gasteiger partial charge in [-0.2, -0.15) is 10.2 Å². The molecule has 37 heavy (non-hydrogen) atoms. The summed E-state index contributed by atoms with van der Waals surface area (Å²) in [5.41, 5.74) is 1.85. The molecule has 2 aromatic heterocycles. The number of nitrogens with zero attached hydrogens (tertiary/aromatic N) is 5. The Morgan fingerprint density at radius 2 is 1.73 bits per heavy atom. The molecule has 0 bridgehead atoms. The molecule has 1 aliphatic carbocycles. The van der Waals surface area contributed by atoms with E-state index in [4.69, 9.17) is 16.3 Å². The van der Waals surface area contributed by atoms with E-state index in [1.165, 1.54) is 26.0 Å². The Morgan fingerprint density at radius 1 is 1.05 bits per heavy atom. The van der Waals surface area contributed by atoms with Crippen LogP contribution < -0.4 is 20.3 Å². The largest absolute Gasteiger partial charge is 0.493 e. The van der Waals surface area contributed by atoms with Crippen molar-refractivity contribution in [1.82, 2.24) is 24.9 Å². The number of nitrogens with one attached hydrogen (secondary N) is 2. The Hall–Kier alpha value is -3.37. The van der Waals surface area contributed by atoms with Gasteiger partial charge in [0.05, 0.1) is 18.5 Å². The molecule has 0 unspecified atom stereocenters. The maximum absolute atomic E-state index is 15.7. The van der Waals surface area contributed by atoms with E-state index in [1.807, 2.05) is 6.20 Å². The first kappa shape index (κ1) is 24.0. The van der Waals surface area contributed by atoms with E-state index in [2.05, 4.69) is 25.7 Å². The Kier molecular flexibility index (Phi) is 5.95. The van der Waals surface area contributed by atoms with Gasteiger partial charge in [-0.3, -0.25) is 14.2 Å². The lowest BCUT2D eigenvalue weighted by atomic mass is 10.0. The highest BCUT2D eigenvalue weighted by atomic mass is 35.5. The molecule has 2 N–H and O–H groups in total. The van der Waals surface area contributed by atoms with Gasteiger partial charge in [-0.25, -0.2) is 4.39 Å². The fourth-order valence-corrected chi connectivity index (χ4v) is 5.62. The van der Waals surface area contributed by atoms with Crippen LogP contribution in [0.25, 0.3) is 21.8 Å². The topological polar surface area (TPSA) is 89.2 Å². The summed E-state index contributed by atoms with van der Waals surface area (Å²) in [7, 11) is 5.01. The maximum Gasteiger partial charge on any atom is 0.261 e. The molecule has 6 rings (SSSR count). The third-order valence-corrected chi connectivity index (χ3v) is 7.57. The number of aryl methyl sites for hydroxylation is 2. The first-order chi connectivity index (χ1) is 17.8. The molecule has 2 aliphatic rings. The van der Waals surface area contributed by atoms with Crippen molar-refractivity contribution in [3.63, 3.8) is 0 Å². The number of rotatable bonds is 6. The number of hydrogen-bond donors (Lipinski definition) is 2. The van der Waals surface area contributed by atoms with E-state index in [9.17, 15) is 4.79 Å². The number of piperidine rings is 1. The number of anilines is 2. The number of ether oxygens (including phenoxy) is 1. The van der Waals surface area contributed by atoms with Crippen molar-refractivity contribution in [2.75, 3.05) is 30.4 Å². The van der Waals surface area contributed by atoms with Gasteiger partial charge in [0.25, 0.3) is 5.91 Å². The van der Waals surface area contributed by atoms with Crippen LogP contribution in [0.1, 0.15) is 36.0 Å². The monoisotopic (exact) mass is 525 g/mol. The van der Waals surface area contributed by atoms with Gasteiger partial charge in [0.15, 0.2) is 5.75 Å². The summed E-state index contributed by atoms with van der Waals surface area (Å²) in [6.07, 6.45) is 8.15. The molecule has 0 radical (unpaired) electrons. The normalized spacial score (nSPS) is 16.6. The summed E-state index contributed by atoms with van der Waals surface area (Å²) < 4.78 is 24.4. The number of carbonyl (C=O) groups excluding carboxylic acids is 1. The van der Waals surface area contributed by atoms with E-state index in [0.29, 0.717) is 28.8 Å². The third kappa shape index (κ3) is 4.38. The summed E-state index contributed by atoms with van der Waals surface area (Å²) in [6.45, 7) is 1.64. The minimum atomic E-state index is -0.627. The lowest BCUT2D eigenvalue weighted by Gasteiger charge is -2.34. The summed E-state index contributed by atoms with van der Waals surface area (Å²) in [4.78, 5) is 15.7. The number of carbonyl (C=O) groups is 1. The predicted molar refractivity (Wildman–Crippen MR) is 142 cm³/mol. The zero-order valence-corrected chi connectivity index (χ0v) is 21.8. The van der Waals surface area contributed by atoms with Gasteiger partial charge in [0.2, 0.25) is 0 Å². The van der Waals surface area contributed by atoms with Crippen LogP contribution in [0.5, 0.6) is 5.75 Å². The zero-order chi connectivity index (χ0) is 25.8. The van der Waals surface area contributed by atoms with E-state index in [1.54, 1.807) is 35.7 Å². The van der Waals surface area contributed by atoms with Crippen LogP contribution in [0.2, 0.25) is 5.02 Å². The van der Waals surface area contributed by atoms with Gasteiger partial charge < -0.3 is 20.3 Å². The van der Waals surface area contributed by atoms with E-state index in [0.717, 1.165) is 42.4 Å². The number of amides is 1. The molecule has 1 aliphatic heterocycles. The van der Waals surface area contributed by atoms with Crippen molar-refractivity contribution in [2.24, 2.45) is 14.1 Å². The van der Waals surface area contributed by atoms with Gasteiger partial charge in [0.1, 0.15) is 27.4 Å². The summed E-state index contributed by atoms with van der Waals surface area (Å²) in [5, 5.41) is 17.1. The molecule has 11 heteroatoms. The number of aromatic nitrogens is 4. The molecule has 0 spiro atoms. The first-order valence-corrected chi connectivity index (χ1v) is 12.9. The average molecular weight is 526 g/mol. The highest BCUT2D eigenvalue weighted by Crippen LogP contribution is 2.40. The van der Waals surface area contributed by atoms with Crippen molar-refractivity contribution in [3.05, 3.63) is 40.9 Å². The average Bonchev–Trinajstić information content (AvgIpc) is 3.47. The fourth-order valence-electron chi connectivity index (χ4n) is 5.30.